The molecule has 0 aliphatic rings. The molecule has 2 rings (SSSR count). The minimum Gasteiger partial charge on any atom is -0.497 e. The van der Waals surface area contributed by atoms with Crippen molar-refractivity contribution in [1.29, 1.82) is 0 Å². The van der Waals surface area contributed by atoms with Crippen LogP contribution < -0.4 is 19.5 Å². The fourth-order valence-corrected chi connectivity index (χ4v) is 3.21. The molecular formula is C23H30N2O5. The number of benzene rings is 2. The van der Waals surface area contributed by atoms with Gasteiger partial charge in [0.05, 0.1) is 33.8 Å². The second-order valence-corrected chi connectivity index (χ2v) is 6.83. The van der Waals surface area contributed by atoms with Crippen molar-refractivity contribution in [2.24, 2.45) is 0 Å². The van der Waals surface area contributed by atoms with Crippen LogP contribution in [-0.4, -0.2) is 44.6 Å². The van der Waals surface area contributed by atoms with E-state index in [4.69, 9.17) is 14.2 Å². The van der Waals surface area contributed by atoms with Crippen molar-refractivity contribution in [2.45, 2.75) is 32.9 Å². The molecule has 0 fully saturated rings. The largest absolute Gasteiger partial charge is 0.497 e. The van der Waals surface area contributed by atoms with E-state index in [0.717, 1.165) is 16.9 Å². The van der Waals surface area contributed by atoms with Crippen LogP contribution in [0.3, 0.4) is 0 Å². The smallest absolute Gasteiger partial charge is 0.225 e. The zero-order chi connectivity index (χ0) is 22.1. The molecule has 0 saturated carbocycles. The molecule has 30 heavy (non-hydrogen) atoms. The Bertz CT molecular complexity index is 851. The highest BCUT2D eigenvalue weighted by Gasteiger charge is 2.21. The number of carbonyl (C=O) groups is 2. The van der Waals surface area contributed by atoms with Gasteiger partial charge in [-0.1, -0.05) is 18.2 Å². The van der Waals surface area contributed by atoms with Crippen LogP contribution >= 0.6 is 0 Å². The van der Waals surface area contributed by atoms with Gasteiger partial charge in [0.1, 0.15) is 5.75 Å². The molecule has 0 aliphatic carbocycles. The van der Waals surface area contributed by atoms with Gasteiger partial charge in [0.2, 0.25) is 11.8 Å². The molecule has 0 bridgehead atoms. The molecule has 162 valence electrons. The Labute approximate surface area is 177 Å². The number of nitrogens with zero attached hydrogens (tertiary/aromatic N) is 1. The fraction of sp³-hybridized carbons (Fsp3) is 0.391. The van der Waals surface area contributed by atoms with E-state index in [0.29, 0.717) is 24.6 Å². The molecule has 1 unspecified atom stereocenters. The Morgan fingerprint density at radius 2 is 1.63 bits per heavy atom. The van der Waals surface area contributed by atoms with Crippen LogP contribution in [0, 0.1) is 0 Å². The molecule has 2 aromatic rings. The van der Waals surface area contributed by atoms with Gasteiger partial charge in [-0.25, -0.2) is 0 Å². The second-order valence-electron chi connectivity index (χ2n) is 6.83. The molecule has 2 amide bonds. The number of ether oxygens (including phenoxy) is 3. The number of nitrogens with one attached hydrogen (secondary N) is 1. The zero-order valence-corrected chi connectivity index (χ0v) is 18.2. The van der Waals surface area contributed by atoms with Crippen molar-refractivity contribution in [2.75, 3.05) is 27.9 Å². The summed E-state index contributed by atoms with van der Waals surface area (Å²) in [5.74, 6) is 1.73. The van der Waals surface area contributed by atoms with Gasteiger partial charge in [-0.2, -0.15) is 0 Å². The van der Waals surface area contributed by atoms with E-state index in [2.05, 4.69) is 5.32 Å². The number of amides is 2. The molecule has 0 spiro atoms. The van der Waals surface area contributed by atoms with Gasteiger partial charge in [-0.05, 0) is 42.3 Å². The third-order valence-electron chi connectivity index (χ3n) is 4.83. The molecule has 7 heteroatoms. The highest BCUT2D eigenvalue weighted by atomic mass is 16.5. The van der Waals surface area contributed by atoms with Gasteiger partial charge in [-0.3, -0.25) is 9.59 Å². The van der Waals surface area contributed by atoms with Gasteiger partial charge >= 0.3 is 0 Å². The number of carbonyl (C=O) groups excluding carboxylic acids is 2. The Hall–Kier alpha value is -3.22. The van der Waals surface area contributed by atoms with Crippen molar-refractivity contribution >= 4 is 11.8 Å². The van der Waals surface area contributed by atoms with E-state index < -0.39 is 6.04 Å². The summed E-state index contributed by atoms with van der Waals surface area (Å²) in [7, 11) is 4.76. The van der Waals surface area contributed by atoms with Crippen molar-refractivity contribution in [1.82, 2.24) is 10.2 Å². The van der Waals surface area contributed by atoms with Gasteiger partial charge < -0.3 is 24.4 Å². The van der Waals surface area contributed by atoms with Crippen LogP contribution in [0.5, 0.6) is 17.2 Å². The molecule has 0 aliphatic heterocycles. The monoisotopic (exact) mass is 414 g/mol. The Kier molecular flexibility index (Phi) is 8.53. The molecule has 0 aromatic heterocycles. The number of hydrogen-bond acceptors (Lipinski definition) is 5. The van der Waals surface area contributed by atoms with Gasteiger partial charge in [0.25, 0.3) is 0 Å². The first-order valence-corrected chi connectivity index (χ1v) is 9.81. The van der Waals surface area contributed by atoms with Crippen LogP contribution in [-0.2, 0) is 16.1 Å². The lowest BCUT2D eigenvalue weighted by Gasteiger charge is -2.25. The molecule has 0 radical (unpaired) electrons. The maximum Gasteiger partial charge on any atom is 0.225 e. The first-order valence-electron chi connectivity index (χ1n) is 9.81. The third kappa shape index (κ3) is 6.14. The molecule has 1 atom stereocenters. The molecule has 7 nitrogen and oxygen atoms in total. The number of hydrogen-bond donors (Lipinski definition) is 1. The highest BCUT2D eigenvalue weighted by Crippen LogP contribution is 2.28. The highest BCUT2D eigenvalue weighted by molar-refractivity contribution is 5.79. The molecule has 0 heterocycles. The average Bonchev–Trinajstić information content (AvgIpc) is 2.76. The normalized spacial score (nSPS) is 11.4. The van der Waals surface area contributed by atoms with Crippen molar-refractivity contribution in [3.63, 3.8) is 0 Å². The minimum absolute atomic E-state index is 0.0538. The average molecular weight is 415 g/mol. The first-order chi connectivity index (χ1) is 14.4. The topological polar surface area (TPSA) is 77.1 Å². The van der Waals surface area contributed by atoms with E-state index in [1.165, 1.54) is 6.92 Å². The lowest BCUT2D eigenvalue weighted by Crippen LogP contribution is -2.35. The summed E-state index contributed by atoms with van der Waals surface area (Å²) in [4.78, 5) is 26.5. The lowest BCUT2D eigenvalue weighted by atomic mass is 10.0. The van der Waals surface area contributed by atoms with Crippen LogP contribution in [0.1, 0.15) is 37.4 Å². The second kappa shape index (κ2) is 11.1. The van der Waals surface area contributed by atoms with Crippen molar-refractivity contribution in [3.8, 4) is 17.2 Å². The Balaban J connectivity index is 2.16. The van der Waals surface area contributed by atoms with E-state index >= 15 is 0 Å². The van der Waals surface area contributed by atoms with E-state index in [1.807, 2.05) is 49.4 Å². The van der Waals surface area contributed by atoms with E-state index in [9.17, 15) is 9.59 Å². The lowest BCUT2D eigenvalue weighted by molar-refractivity contribution is -0.132. The fourth-order valence-electron chi connectivity index (χ4n) is 3.21. The van der Waals surface area contributed by atoms with Gasteiger partial charge in [0.15, 0.2) is 11.5 Å². The maximum atomic E-state index is 13.0. The molecule has 0 saturated heterocycles. The van der Waals surface area contributed by atoms with E-state index in [1.54, 1.807) is 26.2 Å². The van der Waals surface area contributed by atoms with Crippen LogP contribution in [0.15, 0.2) is 42.5 Å². The summed E-state index contributed by atoms with van der Waals surface area (Å²) >= 11 is 0. The predicted octanol–water partition coefficient (Wildman–Crippen LogP) is 3.33. The summed E-state index contributed by atoms with van der Waals surface area (Å²) in [6.45, 7) is 4.36. The molecule has 2 aromatic carbocycles. The summed E-state index contributed by atoms with van der Waals surface area (Å²) < 4.78 is 15.8. The summed E-state index contributed by atoms with van der Waals surface area (Å²) in [5, 5.41) is 2.88. The quantitative estimate of drug-likeness (QED) is 0.645. The van der Waals surface area contributed by atoms with Crippen molar-refractivity contribution < 1.29 is 23.8 Å². The SMILES string of the molecule is CCN(Cc1ccc(OC)c(OC)c1)C(=O)CC(NC(C)=O)c1ccc(OC)cc1. The Morgan fingerprint density at radius 3 is 2.17 bits per heavy atom. The number of methoxy groups -OCH3 is 3. The third-order valence-corrected chi connectivity index (χ3v) is 4.83. The summed E-state index contributed by atoms with van der Waals surface area (Å²) in [6, 6.07) is 12.5. The van der Waals surface area contributed by atoms with E-state index in [-0.39, 0.29) is 18.2 Å². The standard InChI is InChI=1S/C23H30N2O5/c1-6-25(15-17-7-12-21(29-4)22(13-17)30-5)23(27)14-20(24-16(2)26)18-8-10-19(28-3)11-9-18/h7-13,20H,6,14-15H2,1-5H3,(H,24,26). The maximum absolute atomic E-state index is 13.0. The molecule has 1 N–H and O–H groups in total. The van der Waals surface area contributed by atoms with Gasteiger partial charge in [0, 0.05) is 20.0 Å². The van der Waals surface area contributed by atoms with Crippen LogP contribution in [0.25, 0.3) is 0 Å². The predicted molar refractivity (Wildman–Crippen MR) is 115 cm³/mol. The summed E-state index contributed by atoms with van der Waals surface area (Å²) in [6.07, 6.45) is 0.160. The first kappa shape index (κ1) is 23.1. The minimum atomic E-state index is -0.416. The Morgan fingerprint density at radius 1 is 0.967 bits per heavy atom. The van der Waals surface area contributed by atoms with Crippen molar-refractivity contribution in [3.05, 3.63) is 53.6 Å². The molecular weight excluding hydrogens is 384 g/mol. The van der Waals surface area contributed by atoms with Crippen LogP contribution in [0.4, 0.5) is 0 Å². The number of rotatable bonds is 10. The summed E-state index contributed by atoms with van der Waals surface area (Å²) in [5.41, 5.74) is 1.78. The van der Waals surface area contributed by atoms with Crippen LogP contribution in [0.2, 0.25) is 0 Å². The van der Waals surface area contributed by atoms with Gasteiger partial charge in [-0.15, -0.1) is 0 Å². The zero-order valence-electron chi connectivity index (χ0n) is 18.2.